The van der Waals surface area contributed by atoms with Gasteiger partial charge in [0.25, 0.3) is 0 Å². The summed E-state index contributed by atoms with van der Waals surface area (Å²) in [5.74, 6) is 0.830. The number of rotatable bonds is 3. The van der Waals surface area contributed by atoms with Crippen LogP contribution < -0.4 is 15.4 Å². The number of amides is 1. The van der Waals surface area contributed by atoms with Crippen LogP contribution in [0.5, 0.6) is 5.75 Å². The Kier molecular flexibility index (Phi) is 3.87. The summed E-state index contributed by atoms with van der Waals surface area (Å²) in [6, 6.07) is 5.88. The van der Waals surface area contributed by atoms with Gasteiger partial charge >= 0.3 is 0 Å². The molecule has 1 atom stereocenters. The number of aryl methyl sites for hydroxylation is 1. The first kappa shape index (κ1) is 12.9. The maximum atomic E-state index is 12.3. The van der Waals surface area contributed by atoms with Gasteiger partial charge in [0.05, 0.1) is 7.11 Å². The van der Waals surface area contributed by atoms with Gasteiger partial charge in [0.15, 0.2) is 0 Å². The summed E-state index contributed by atoms with van der Waals surface area (Å²) in [6.07, 6.45) is 1.98. The molecule has 18 heavy (non-hydrogen) atoms. The summed E-state index contributed by atoms with van der Waals surface area (Å²) in [6.45, 7) is 3.05. The molecule has 4 nitrogen and oxygen atoms in total. The van der Waals surface area contributed by atoms with Crippen LogP contribution >= 0.6 is 0 Å². The minimum absolute atomic E-state index is 0.114. The van der Waals surface area contributed by atoms with E-state index in [4.69, 9.17) is 10.5 Å². The molecule has 0 bridgehead atoms. The summed E-state index contributed by atoms with van der Waals surface area (Å²) in [7, 11) is 1.66. The minimum atomic E-state index is -0.127. The molecule has 1 heterocycles. The lowest BCUT2D eigenvalue weighted by molar-refractivity contribution is -0.121. The zero-order valence-corrected chi connectivity index (χ0v) is 11.0. The molecular weight excluding hydrogens is 228 g/mol. The van der Waals surface area contributed by atoms with Gasteiger partial charge in [0.1, 0.15) is 5.75 Å². The van der Waals surface area contributed by atoms with Crippen LogP contribution in [0.3, 0.4) is 0 Å². The van der Waals surface area contributed by atoms with Crippen molar-refractivity contribution in [3.63, 3.8) is 0 Å². The van der Waals surface area contributed by atoms with Gasteiger partial charge < -0.3 is 15.4 Å². The van der Waals surface area contributed by atoms with Gasteiger partial charge in [-0.1, -0.05) is 6.92 Å². The highest BCUT2D eigenvalue weighted by Gasteiger charge is 2.25. The molecule has 1 aliphatic heterocycles. The molecule has 2 N–H and O–H groups in total. The topological polar surface area (TPSA) is 55.6 Å². The third kappa shape index (κ3) is 2.34. The molecule has 0 aliphatic carbocycles. The number of hydrogen-bond acceptors (Lipinski definition) is 3. The highest BCUT2D eigenvalue weighted by Crippen LogP contribution is 2.31. The molecule has 4 heteroatoms. The van der Waals surface area contributed by atoms with Gasteiger partial charge in [-0.05, 0) is 36.6 Å². The molecule has 0 aromatic heterocycles. The number of fused-ring (bicyclic) bond motifs is 1. The lowest BCUT2D eigenvalue weighted by atomic mass is 9.99. The van der Waals surface area contributed by atoms with Crippen molar-refractivity contribution in [2.75, 3.05) is 25.1 Å². The number of ether oxygens (including phenoxy) is 1. The second kappa shape index (κ2) is 5.40. The van der Waals surface area contributed by atoms with Crippen molar-refractivity contribution in [2.24, 2.45) is 11.7 Å². The van der Waals surface area contributed by atoms with Crippen LogP contribution in [-0.4, -0.2) is 26.1 Å². The lowest BCUT2D eigenvalue weighted by Crippen LogP contribution is -2.41. The Labute approximate surface area is 108 Å². The SMILES string of the molecule is COc1ccc2c(c1)CCCN2C(=O)C(C)CN. The van der Waals surface area contributed by atoms with E-state index in [-0.39, 0.29) is 11.8 Å². The molecule has 0 spiro atoms. The first-order valence-corrected chi connectivity index (χ1v) is 6.35. The molecule has 2 rings (SSSR count). The van der Waals surface area contributed by atoms with Crippen molar-refractivity contribution < 1.29 is 9.53 Å². The fourth-order valence-electron chi connectivity index (χ4n) is 2.30. The van der Waals surface area contributed by atoms with Crippen LogP contribution in [0.15, 0.2) is 18.2 Å². The number of nitrogens with two attached hydrogens (primary N) is 1. The Balaban J connectivity index is 2.30. The predicted molar refractivity (Wildman–Crippen MR) is 71.9 cm³/mol. The first-order chi connectivity index (χ1) is 8.67. The van der Waals surface area contributed by atoms with Crippen molar-refractivity contribution in [1.29, 1.82) is 0 Å². The Bertz CT molecular complexity index is 445. The molecule has 1 amide bonds. The van der Waals surface area contributed by atoms with E-state index < -0.39 is 0 Å². The number of carbonyl (C=O) groups is 1. The molecule has 1 unspecified atom stereocenters. The van der Waals surface area contributed by atoms with E-state index in [9.17, 15) is 4.79 Å². The molecule has 1 aromatic carbocycles. The fraction of sp³-hybridized carbons (Fsp3) is 0.500. The van der Waals surface area contributed by atoms with Gasteiger partial charge in [-0.2, -0.15) is 0 Å². The minimum Gasteiger partial charge on any atom is -0.497 e. The van der Waals surface area contributed by atoms with Crippen LogP contribution in [0.4, 0.5) is 5.69 Å². The summed E-state index contributed by atoms with van der Waals surface area (Å²) in [5, 5.41) is 0. The number of hydrogen-bond donors (Lipinski definition) is 1. The van der Waals surface area contributed by atoms with Gasteiger partial charge in [0, 0.05) is 24.7 Å². The Morgan fingerprint density at radius 3 is 3.00 bits per heavy atom. The number of benzene rings is 1. The summed E-state index contributed by atoms with van der Waals surface area (Å²) in [5.41, 5.74) is 7.76. The molecule has 1 aliphatic rings. The van der Waals surface area contributed by atoms with Crippen molar-refractivity contribution in [3.8, 4) is 5.75 Å². The van der Waals surface area contributed by atoms with E-state index in [0.29, 0.717) is 6.54 Å². The maximum Gasteiger partial charge on any atom is 0.231 e. The van der Waals surface area contributed by atoms with Crippen molar-refractivity contribution in [3.05, 3.63) is 23.8 Å². The predicted octanol–water partition coefficient (Wildman–Crippen LogP) is 1.57. The Morgan fingerprint density at radius 1 is 1.56 bits per heavy atom. The lowest BCUT2D eigenvalue weighted by Gasteiger charge is -2.31. The number of methoxy groups -OCH3 is 1. The van der Waals surface area contributed by atoms with Crippen molar-refractivity contribution >= 4 is 11.6 Å². The van der Waals surface area contributed by atoms with Crippen LogP contribution in [0, 0.1) is 5.92 Å². The van der Waals surface area contributed by atoms with Crippen LogP contribution in [0.25, 0.3) is 0 Å². The standard InChI is InChI=1S/C14H20N2O2/c1-10(9-15)14(17)16-7-3-4-11-8-12(18-2)5-6-13(11)16/h5-6,8,10H,3-4,7,9,15H2,1-2H3. The van der Waals surface area contributed by atoms with E-state index in [1.165, 1.54) is 5.56 Å². The van der Waals surface area contributed by atoms with Gasteiger partial charge in [0.2, 0.25) is 5.91 Å². The highest BCUT2D eigenvalue weighted by molar-refractivity contribution is 5.96. The normalized spacial score (nSPS) is 16.1. The van der Waals surface area contributed by atoms with Gasteiger partial charge in [-0.15, -0.1) is 0 Å². The van der Waals surface area contributed by atoms with Crippen LogP contribution in [0.1, 0.15) is 18.9 Å². The largest absolute Gasteiger partial charge is 0.497 e. The zero-order valence-electron chi connectivity index (χ0n) is 11.0. The summed E-state index contributed by atoms with van der Waals surface area (Å²) >= 11 is 0. The number of anilines is 1. The molecule has 0 saturated carbocycles. The average molecular weight is 248 g/mol. The van der Waals surface area contributed by atoms with E-state index in [2.05, 4.69) is 0 Å². The fourth-order valence-corrected chi connectivity index (χ4v) is 2.30. The Morgan fingerprint density at radius 2 is 2.33 bits per heavy atom. The summed E-state index contributed by atoms with van der Waals surface area (Å²) < 4.78 is 5.22. The average Bonchev–Trinajstić information content (AvgIpc) is 2.44. The smallest absolute Gasteiger partial charge is 0.231 e. The van der Waals surface area contributed by atoms with Crippen molar-refractivity contribution in [2.45, 2.75) is 19.8 Å². The second-order valence-corrected chi connectivity index (χ2v) is 4.72. The first-order valence-electron chi connectivity index (χ1n) is 6.35. The number of carbonyl (C=O) groups excluding carboxylic acids is 1. The third-order valence-corrected chi connectivity index (χ3v) is 3.45. The molecule has 0 fully saturated rings. The third-order valence-electron chi connectivity index (χ3n) is 3.45. The Hall–Kier alpha value is -1.55. The molecule has 98 valence electrons. The maximum absolute atomic E-state index is 12.3. The van der Waals surface area contributed by atoms with Crippen LogP contribution in [0.2, 0.25) is 0 Å². The van der Waals surface area contributed by atoms with Gasteiger partial charge in [-0.3, -0.25) is 4.79 Å². The van der Waals surface area contributed by atoms with Crippen LogP contribution in [-0.2, 0) is 11.2 Å². The van der Waals surface area contributed by atoms with Gasteiger partial charge in [-0.25, -0.2) is 0 Å². The zero-order chi connectivity index (χ0) is 13.1. The quantitative estimate of drug-likeness (QED) is 0.883. The molecule has 0 saturated heterocycles. The van der Waals surface area contributed by atoms with E-state index in [0.717, 1.165) is 30.8 Å². The van der Waals surface area contributed by atoms with E-state index >= 15 is 0 Å². The van der Waals surface area contributed by atoms with E-state index in [1.54, 1.807) is 7.11 Å². The highest BCUT2D eigenvalue weighted by atomic mass is 16.5. The number of nitrogens with zero attached hydrogens (tertiary/aromatic N) is 1. The molecular formula is C14H20N2O2. The molecule has 1 aromatic rings. The summed E-state index contributed by atoms with van der Waals surface area (Å²) in [4.78, 5) is 14.1. The van der Waals surface area contributed by atoms with Crippen molar-refractivity contribution in [1.82, 2.24) is 0 Å². The molecule has 0 radical (unpaired) electrons. The second-order valence-electron chi connectivity index (χ2n) is 4.72. The monoisotopic (exact) mass is 248 g/mol. The van der Waals surface area contributed by atoms with E-state index in [1.807, 2.05) is 30.0 Å².